The van der Waals surface area contributed by atoms with E-state index in [9.17, 15) is 4.39 Å². The molecule has 1 aliphatic heterocycles. The average molecular weight is 432 g/mol. The van der Waals surface area contributed by atoms with Crippen LogP contribution in [0.25, 0.3) is 11.1 Å². The third kappa shape index (κ3) is 4.23. The maximum absolute atomic E-state index is 15.0. The monoisotopic (exact) mass is 431 g/mol. The Kier molecular flexibility index (Phi) is 5.62. The smallest absolute Gasteiger partial charge is 0.213 e. The summed E-state index contributed by atoms with van der Waals surface area (Å²) in [6.45, 7) is 4.63. The Bertz CT molecular complexity index is 1120. The van der Waals surface area contributed by atoms with E-state index in [1.165, 1.54) is 24.0 Å². The van der Waals surface area contributed by atoms with E-state index in [0.29, 0.717) is 29.7 Å². The van der Waals surface area contributed by atoms with Crippen LogP contribution >= 0.6 is 0 Å². The third-order valence-electron chi connectivity index (χ3n) is 6.84. The molecule has 0 amide bonds. The lowest BCUT2D eigenvalue weighted by atomic mass is 9.84. The van der Waals surface area contributed by atoms with Crippen LogP contribution in [-0.4, -0.2) is 18.2 Å². The highest BCUT2D eigenvalue weighted by Gasteiger charge is 2.35. The second-order valence-electron chi connectivity index (χ2n) is 9.52. The Morgan fingerprint density at radius 3 is 2.59 bits per heavy atom. The lowest BCUT2D eigenvalue weighted by Gasteiger charge is -2.21. The first-order valence-electron chi connectivity index (χ1n) is 11.6. The van der Waals surface area contributed by atoms with Crippen LogP contribution in [0, 0.1) is 17.7 Å². The Labute approximate surface area is 189 Å². The van der Waals surface area contributed by atoms with Crippen LogP contribution in [0.15, 0.2) is 54.7 Å². The Hall–Kier alpha value is -2.88. The standard InChI is InChI=1S/C28H30FNO2/c1-17(2)28(18-4-5-18)23-9-8-22-13-24(32-26(22)15-23)12-21-7-6-19(14-25(21)29)20-10-11-30-27(16-20)31-3/h6-11,14-18,24,28H,4-5,12-13H2,1-3H3/t24?,28-/m0/s1. The van der Waals surface area contributed by atoms with Crippen LogP contribution in [-0.2, 0) is 12.8 Å². The van der Waals surface area contributed by atoms with Crippen LogP contribution in [0.4, 0.5) is 4.39 Å². The molecule has 2 heterocycles. The summed E-state index contributed by atoms with van der Waals surface area (Å²) in [4.78, 5) is 4.12. The zero-order chi connectivity index (χ0) is 22.2. The van der Waals surface area contributed by atoms with Crippen LogP contribution in [0.2, 0.25) is 0 Å². The normalized spacial score (nSPS) is 18.3. The molecule has 3 aromatic rings. The Morgan fingerprint density at radius 1 is 1.06 bits per heavy atom. The minimum Gasteiger partial charge on any atom is -0.489 e. The molecule has 1 aliphatic carbocycles. The topological polar surface area (TPSA) is 31.4 Å². The number of hydrogen-bond donors (Lipinski definition) is 0. The van der Waals surface area contributed by atoms with Gasteiger partial charge in [0.15, 0.2) is 0 Å². The highest BCUT2D eigenvalue weighted by Crippen LogP contribution is 2.47. The Morgan fingerprint density at radius 2 is 1.88 bits per heavy atom. The van der Waals surface area contributed by atoms with Crippen LogP contribution in [0.3, 0.4) is 0 Å². The van der Waals surface area contributed by atoms with E-state index in [1.54, 1.807) is 19.4 Å². The van der Waals surface area contributed by atoms with Gasteiger partial charge in [-0.05, 0) is 76.6 Å². The zero-order valence-corrected chi connectivity index (χ0v) is 19.0. The summed E-state index contributed by atoms with van der Waals surface area (Å²) < 4.78 is 26.4. The van der Waals surface area contributed by atoms with E-state index >= 15 is 0 Å². The van der Waals surface area contributed by atoms with Crippen molar-refractivity contribution in [3.8, 4) is 22.8 Å². The predicted octanol–water partition coefficient (Wildman–Crippen LogP) is 6.59. The van der Waals surface area contributed by atoms with Crippen molar-refractivity contribution >= 4 is 0 Å². The number of nitrogens with zero attached hydrogens (tertiary/aromatic N) is 1. The van der Waals surface area contributed by atoms with Crippen LogP contribution in [0.1, 0.15) is 49.3 Å². The molecule has 2 aromatic carbocycles. The summed E-state index contributed by atoms with van der Waals surface area (Å²) >= 11 is 0. The SMILES string of the molecule is COc1cc(-c2ccc(CC3Cc4ccc([C@@H](C(C)C)C5CC5)cc4O3)c(F)c2)ccn1. The van der Waals surface area contributed by atoms with Gasteiger partial charge in [-0.2, -0.15) is 0 Å². The van der Waals surface area contributed by atoms with E-state index in [-0.39, 0.29) is 11.9 Å². The molecule has 0 saturated heterocycles. The molecule has 0 N–H and O–H groups in total. The van der Waals surface area contributed by atoms with E-state index in [1.807, 2.05) is 24.3 Å². The number of aromatic nitrogens is 1. The minimum atomic E-state index is -0.202. The molecule has 0 radical (unpaired) electrons. The highest BCUT2D eigenvalue weighted by atomic mass is 19.1. The first kappa shape index (κ1) is 21.0. The number of methoxy groups -OCH3 is 1. The van der Waals surface area contributed by atoms with Gasteiger partial charge in [0.2, 0.25) is 5.88 Å². The summed E-state index contributed by atoms with van der Waals surface area (Å²) in [5.74, 6) is 3.36. The summed E-state index contributed by atoms with van der Waals surface area (Å²) in [5, 5.41) is 0. The van der Waals surface area contributed by atoms with E-state index in [0.717, 1.165) is 29.2 Å². The van der Waals surface area contributed by atoms with Crippen molar-refractivity contribution in [2.24, 2.45) is 11.8 Å². The Balaban J connectivity index is 1.30. The van der Waals surface area contributed by atoms with Gasteiger partial charge in [0.05, 0.1) is 7.11 Å². The summed E-state index contributed by atoms with van der Waals surface area (Å²) in [5.41, 5.74) is 5.01. The van der Waals surface area contributed by atoms with Crippen LogP contribution < -0.4 is 9.47 Å². The van der Waals surface area contributed by atoms with Gasteiger partial charge in [-0.15, -0.1) is 0 Å². The van der Waals surface area contributed by atoms with Gasteiger partial charge in [0.1, 0.15) is 17.7 Å². The molecule has 1 aromatic heterocycles. The molecule has 2 atom stereocenters. The fourth-order valence-electron chi connectivity index (χ4n) is 5.13. The summed E-state index contributed by atoms with van der Waals surface area (Å²) in [6, 6.07) is 15.8. The number of fused-ring (bicyclic) bond motifs is 1. The van der Waals surface area contributed by atoms with E-state index < -0.39 is 0 Å². The van der Waals surface area contributed by atoms with Crippen molar-refractivity contribution in [2.75, 3.05) is 7.11 Å². The fourth-order valence-corrected chi connectivity index (χ4v) is 5.13. The third-order valence-corrected chi connectivity index (χ3v) is 6.84. The molecule has 4 heteroatoms. The number of hydrogen-bond acceptors (Lipinski definition) is 3. The predicted molar refractivity (Wildman–Crippen MR) is 125 cm³/mol. The molecule has 1 saturated carbocycles. The molecule has 0 spiro atoms. The molecular weight excluding hydrogens is 401 g/mol. The van der Waals surface area contributed by atoms with Crippen molar-refractivity contribution in [3.05, 3.63) is 77.2 Å². The van der Waals surface area contributed by atoms with Gasteiger partial charge in [-0.3, -0.25) is 0 Å². The fraction of sp³-hybridized carbons (Fsp3) is 0.393. The average Bonchev–Trinajstić information content (AvgIpc) is 3.53. The van der Waals surface area contributed by atoms with Crippen molar-refractivity contribution in [3.63, 3.8) is 0 Å². The van der Waals surface area contributed by atoms with Crippen molar-refractivity contribution < 1.29 is 13.9 Å². The molecule has 1 fully saturated rings. The van der Waals surface area contributed by atoms with Gasteiger partial charge in [0.25, 0.3) is 0 Å². The molecule has 0 bridgehead atoms. The second kappa shape index (κ2) is 8.57. The highest BCUT2D eigenvalue weighted by molar-refractivity contribution is 5.64. The largest absolute Gasteiger partial charge is 0.489 e. The number of rotatable bonds is 7. The summed E-state index contributed by atoms with van der Waals surface area (Å²) in [7, 11) is 1.58. The first-order chi connectivity index (χ1) is 15.5. The molecule has 166 valence electrons. The maximum atomic E-state index is 15.0. The zero-order valence-electron chi connectivity index (χ0n) is 19.0. The van der Waals surface area contributed by atoms with Gasteiger partial charge in [-0.1, -0.05) is 38.1 Å². The summed E-state index contributed by atoms with van der Waals surface area (Å²) in [6.07, 6.45) is 5.71. The number of ether oxygens (including phenoxy) is 2. The van der Waals surface area contributed by atoms with Gasteiger partial charge in [0, 0.05) is 25.1 Å². The van der Waals surface area contributed by atoms with E-state index in [4.69, 9.17) is 9.47 Å². The van der Waals surface area contributed by atoms with Crippen molar-refractivity contribution in [1.29, 1.82) is 0 Å². The lowest BCUT2D eigenvalue weighted by molar-refractivity contribution is 0.231. The molecule has 3 nitrogen and oxygen atoms in total. The number of benzene rings is 2. The molecular formula is C28H30FNO2. The lowest BCUT2D eigenvalue weighted by Crippen LogP contribution is -2.17. The van der Waals surface area contributed by atoms with Crippen LogP contribution in [0.5, 0.6) is 11.6 Å². The second-order valence-corrected chi connectivity index (χ2v) is 9.52. The molecule has 32 heavy (non-hydrogen) atoms. The number of halogens is 1. The van der Waals surface area contributed by atoms with Gasteiger partial charge in [-0.25, -0.2) is 9.37 Å². The molecule has 5 rings (SSSR count). The number of pyridine rings is 1. The minimum absolute atomic E-state index is 0.0277. The maximum Gasteiger partial charge on any atom is 0.213 e. The van der Waals surface area contributed by atoms with E-state index in [2.05, 4.69) is 37.0 Å². The molecule has 1 unspecified atom stereocenters. The van der Waals surface area contributed by atoms with Crippen molar-refractivity contribution in [2.45, 2.75) is 51.6 Å². The van der Waals surface area contributed by atoms with Gasteiger partial charge >= 0.3 is 0 Å². The quantitative estimate of drug-likeness (QED) is 0.423. The molecule has 2 aliphatic rings. The van der Waals surface area contributed by atoms with Crippen molar-refractivity contribution in [1.82, 2.24) is 4.98 Å². The first-order valence-corrected chi connectivity index (χ1v) is 11.6. The van der Waals surface area contributed by atoms with Gasteiger partial charge < -0.3 is 9.47 Å².